The van der Waals surface area contributed by atoms with Crippen LogP contribution in [0.2, 0.25) is 0 Å². The van der Waals surface area contributed by atoms with Crippen LogP contribution < -0.4 is 11.1 Å². The Morgan fingerprint density at radius 1 is 1.47 bits per heavy atom. The summed E-state index contributed by atoms with van der Waals surface area (Å²) in [7, 11) is 0. The monoisotopic (exact) mass is 253 g/mol. The van der Waals surface area contributed by atoms with Crippen molar-refractivity contribution in [2.75, 3.05) is 6.54 Å². The van der Waals surface area contributed by atoms with E-state index in [1.807, 2.05) is 30.3 Å². The minimum atomic E-state index is -0.0531. The van der Waals surface area contributed by atoms with Gasteiger partial charge in [-0.25, -0.2) is 0 Å². The standard InChI is InChI=1S/C12H16ClN3O/c1-9(13)8-15-11(7-12(14)16-17)10-5-3-2-4-6-10/h2-6,11,15,17H,1,7-8H2,(H2,14,16). The second-order valence-corrected chi connectivity index (χ2v) is 4.19. The number of hydrogen-bond donors (Lipinski definition) is 3. The SMILES string of the molecule is C=C(Cl)CNC(C/C(N)=N\O)c1ccccc1. The predicted octanol–water partition coefficient (Wildman–Crippen LogP) is 2.21. The molecule has 0 bridgehead atoms. The molecule has 0 radical (unpaired) electrons. The molecule has 4 nitrogen and oxygen atoms in total. The lowest BCUT2D eigenvalue weighted by atomic mass is 10.0. The number of rotatable bonds is 6. The Morgan fingerprint density at radius 2 is 2.12 bits per heavy atom. The molecule has 92 valence electrons. The largest absolute Gasteiger partial charge is 0.409 e. The van der Waals surface area contributed by atoms with E-state index in [9.17, 15) is 0 Å². The van der Waals surface area contributed by atoms with Gasteiger partial charge in [-0.1, -0.05) is 53.7 Å². The summed E-state index contributed by atoms with van der Waals surface area (Å²) in [5.41, 5.74) is 6.57. The van der Waals surface area contributed by atoms with Gasteiger partial charge in [0.05, 0.1) is 0 Å². The number of nitrogens with one attached hydrogen (secondary N) is 1. The molecule has 0 amide bonds. The fourth-order valence-electron chi connectivity index (χ4n) is 1.48. The van der Waals surface area contributed by atoms with Crippen molar-refractivity contribution in [3.05, 3.63) is 47.5 Å². The van der Waals surface area contributed by atoms with Crippen LogP contribution in [-0.2, 0) is 0 Å². The Kier molecular flexibility index (Phi) is 5.52. The van der Waals surface area contributed by atoms with Gasteiger partial charge in [0.2, 0.25) is 0 Å². The van der Waals surface area contributed by atoms with Crippen LogP contribution in [0.15, 0.2) is 47.1 Å². The Labute approximate surface area is 106 Å². The average Bonchev–Trinajstić information content (AvgIpc) is 2.35. The summed E-state index contributed by atoms with van der Waals surface area (Å²) in [6.45, 7) is 4.08. The summed E-state index contributed by atoms with van der Waals surface area (Å²) in [6.07, 6.45) is 0.407. The second-order valence-electron chi connectivity index (χ2n) is 3.66. The zero-order valence-corrected chi connectivity index (χ0v) is 10.2. The first kappa shape index (κ1) is 13.5. The number of amidine groups is 1. The molecule has 0 aliphatic heterocycles. The average molecular weight is 254 g/mol. The van der Waals surface area contributed by atoms with Crippen molar-refractivity contribution in [3.8, 4) is 0 Å². The van der Waals surface area contributed by atoms with Crippen molar-refractivity contribution in [2.24, 2.45) is 10.9 Å². The molecule has 1 aromatic rings. The van der Waals surface area contributed by atoms with Crippen LogP contribution >= 0.6 is 11.6 Å². The molecule has 0 spiro atoms. The minimum absolute atomic E-state index is 0.0531. The lowest BCUT2D eigenvalue weighted by Crippen LogP contribution is -2.27. The van der Waals surface area contributed by atoms with E-state index in [0.29, 0.717) is 18.0 Å². The fourth-order valence-corrected chi connectivity index (χ4v) is 1.55. The number of benzene rings is 1. The topological polar surface area (TPSA) is 70.6 Å². The molecule has 0 aromatic heterocycles. The summed E-state index contributed by atoms with van der Waals surface area (Å²) in [4.78, 5) is 0. The van der Waals surface area contributed by atoms with Gasteiger partial charge in [0.25, 0.3) is 0 Å². The molecule has 17 heavy (non-hydrogen) atoms. The quantitative estimate of drug-likeness (QED) is 0.315. The molecule has 0 aliphatic rings. The van der Waals surface area contributed by atoms with Gasteiger partial charge in [-0.05, 0) is 5.56 Å². The van der Waals surface area contributed by atoms with Crippen molar-refractivity contribution >= 4 is 17.4 Å². The van der Waals surface area contributed by atoms with E-state index in [1.165, 1.54) is 0 Å². The highest BCUT2D eigenvalue weighted by molar-refractivity contribution is 6.29. The lowest BCUT2D eigenvalue weighted by molar-refractivity contribution is 0.315. The fraction of sp³-hybridized carbons (Fsp3) is 0.250. The number of nitrogens with two attached hydrogens (primary N) is 1. The molecule has 0 fully saturated rings. The third-order valence-corrected chi connectivity index (χ3v) is 2.42. The zero-order chi connectivity index (χ0) is 12.7. The predicted molar refractivity (Wildman–Crippen MR) is 70.2 cm³/mol. The molecule has 0 saturated carbocycles. The molecule has 0 heterocycles. The second kappa shape index (κ2) is 6.93. The summed E-state index contributed by atoms with van der Waals surface area (Å²) in [5, 5.41) is 15.3. The van der Waals surface area contributed by atoms with Crippen LogP contribution in [-0.4, -0.2) is 17.6 Å². The van der Waals surface area contributed by atoms with Gasteiger partial charge in [-0.15, -0.1) is 0 Å². The maximum absolute atomic E-state index is 8.60. The van der Waals surface area contributed by atoms with Gasteiger partial charge in [-0.2, -0.15) is 0 Å². The zero-order valence-electron chi connectivity index (χ0n) is 9.44. The van der Waals surface area contributed by atoms with Crippen molar-refractivity contribution in [2.45, 2.75) is 12.5 Å². The van der Waals surface area contributed by atoms with Crippen LogP contribution in [0, 0.1) is 0 Å². The number of oxime groups is 1. The van der Waals surface area contributed by atoms with Crippen molar-refractivity contribution in [1.29, 1.82) is 0 Å². The van der Waals surface area contributed by atoms with Crippen LogP contribution in [0.1, 0.15) is 18.0 Å². The van der Waals surface area contributed by atoms with Gasteiger partial charge in [0, 0.05) is 24.0 Å². The molecular formula is C12H16ClN3O. The van der Waals surface area contributed by atoms with Crippen molar-refractivity contribution in [3.63, 3.8) is 0 Å². The highest BCUT2D eigenvalue weighted by Gasteiger charge is 2.12. The summed E-state index contributed by atoms with van der Waals surface area (Å²) in [5.74, 6) is 0.173. The minimum Gasteiger partial charge on any atom is -0.409 e. The van der Waals surface area contributed by atoms with Gasteiger partial charge in [-0.3, -0.25) is 0 Å². The molecular weight excluding hydrogens is 238 g/mol. The van der Waals surface area contributed by atoms with E-state index in [1.54, 1.807) is 0 Å². The summed E-state index contributed by atoms with van der Waals surface area (Å²) >= 11 is 5.71. The highest BCUT2D eigenvalue weighted by atomic mass is 35.5. The number of nitrogens with zero attached hydrogens (tertiary/aromatic N) is 1. The maximum atomic E-state index is 8.60. The molecule has 0 saturated heterocycles. The van der Waals surface area contributed by atoms with Gasteiger partial charge < -0.3 is 16.3 Å². The van der Waals surface area contributed by atoms with Gasteiger partial charge >= 0.3 is 0 Å². The smallest absolute Gasteiger partial charge is 0.141 e. The van der Waals surface area contributed by atoms with E-state index in [0.717, 1.165) is 5.56 Å². The van der Waals surface area contributed by atoms with Crippen LogP contribution in [0.25, 0.3) is 0 Å². The van der Waals surface area contributed by atoms with Crippen LogP contribution in [0.3, 0.4) is 0 Å². The van der Waals surface area contributed by atoms with Crippen LogP contribution in [0.5, 0.6) is 0 Å². The van der Waals surface area contributed by atoms with Crippen LogP contribution in [0.4, 0.5) is 0 Å². The molecule has 1 aromatic carbocycles. The normalized spacial score (nSPS) is 13.4. The molecule has 4 N–H and O–H groups in total. The Morgan fingerprint density at radius 3 is 2.65 bits per heavy atom. The van der Waals surface area contributed by atoms with Crippen molar-refractivity contribution in [1.82, 2.24) is 5.32 Å². The Balaban J connectivity index is 2.75. The number of hydrogen-bond acceptors (Lipinski definition) is 3. The lowest BCUT2D eigenvalue weighted by Gasteiger charge is -2.18. The van der Waals surface area contributed by atoms with E-state index in [4.69, 9.17) is 22.5 Å². The molecule has 5 heteroatoms. The summed E-state index contributed by atoms with van der Waals surface area (Å²) < 4.78 is 0. The third-order valence-electron chi connectivity index (χ3n) is 2.28. The first-order valence-electron chi connectivity index (χ1n) is 5.21. The Bertz CT molecular complexity index is 392. The highest BCUT2D eigenvalue weighted by Crippen LogP contribution is 2.16. The summed E-state index contributed by atoms with van der Waals surface area (Å²) in [6, 6.07) is 9.70. The van der Waals surface area contributed by atoms with E-state index in [-0.39, 0.29) is 11.9 Å². The Hall–Kier alpha value is -1.52. The first-order chi connectivity index (χ1) is 8.13. The molecule has 0 aliphatic carbocycles. The van der Waals surface area contributed by atoms with Gasteiger partial charge in [0.1, 0.15) is 5.84 Å². The van der Waals surface area contributed by atoms with E-state index >= 15 is 0 Å². The van der Waals surface area contributed by atoms with E-state index < -0.39 is 0 Å². The van der Waals surface area contributed by atoms with E-state index in [2.05, 4.69) is 17.1 Å². The molecule has 1 atom stereocenters. The third kappa shape index (κ3) is 4.89. The molecule has 1 unspecified atom stereocenters. The first-order valence-corrected chi connectivity index (χ1v) is 5.59. The van der Waals surface area contributed by atoms with Crippen molar-refractivity contribution < 1.29 is 5.21 Å². The maximum Gasteiger partial charge on any atom is 0.141 e. The number of halogens is 1. The van der Waals surface area contributed by atoms with Gasteiger partial charge in [0.15, 0.2) is 0 Å². The molecule has 1 rings (SSSR count).